The van der Waals surface area contributed by atoms with E-state index in [1.165, 1.54) is 0 Å². The van der Waals surface area contributed by atoms with Crippen LogP contribution in [0.4, 0.5) is 5.82 Å². The lowest BCUT2D eigenvalue weighted by atomic mass is 10.1. The number of aromatic nitrogens is 2. The Bertz CT molecular complexity index is 793. The Hall–Kier alpha value is -2.69. The first-order chi connectivity index (χ1) is 9.74. The Morgan fingerprint density at radius 1 is 1.25 bits per heavy atom. The molecule has 0 fully saturated rings. The Balaban J connectivity index is 2.33. The van der Waals surface area contributed by atoms with E-state index in [2.05, 4.69) is 10.2 Å². The molecule has 0 N–H and O–H groups in total. The van der Waals surface area contributed by atoms with E-state index in [4.69, 9.17) is 4.74 Å². The van der Waals surface area contributed by atoms with E-state index < -0.39 is 0 Å². The highest BCUT2D eigenvalue weighted by Crippen LogP contribution is 2.36. The van der Waals surface area contributed by atoms with Gasteiger partial charge < -0.3 is 4.74 Å². The standard InChI is InChI=1S/C15H13N3O2/c1-10-7-8-18-13(9-10)16-14(15(18)17-19)11-5-3-4-6-12(11)20-2/h3-9H,1-2H3. The molecule has 0 saturated carbocycles. The van der Waals surface area contributed by atoms with Gasteiger partial charge in [-0.25, -0.2) is 4.98 Å². The summed E-state index contributed by atoms with van der Waals surface area (Å²) in [5.74, 6) is 0.946. The second-order valence-corrected chi connectivity index (χ2v) is 4.51. The third kappa shape index (κ3) is 1.84. The molecule has 0 bridgehead atoms. The average molecular weight is 267 g/mol. The van der Waals surface area contributed by atoms with Crippen molar-refractivity contribution in [1.82, 2.24) is 9.38 Å². The largest absolute Gasteiger partial charge is 0.496 e. The maximum atomic E-state index is 11.2. The number of rotatable bonds is 3. The van der Waals surface area contributed by atoms with Crippen LogP contribution in [0, 0.1) is 11.8 Å². The number of aryl methyl sites for hydroxylation is 1. The molecule has 0 aliphatic carbocycles. The van der Waals surface area contributed by atoms with Crippen molar-refractivity contribution in [3.05, 3.63) is 53.1 Å². The molecule has 100 valence electrons. The molecule has 20 heavy (non-hydrogen) atoms. The predicted octanol–water partition coefficient (Wildman–Crippen LogP) is 3.72. The van der Waals surface area contributed by atoms with Crippen LogP contribution < -0.4 is 4.74 Å². The summed E-state index contributed by atoms with van der Waals surface area (Å²) in [7, 11) is 1.59. The number of fused-ring (bicyclic) bond motifs is 1. The van der Waals surface area contributed by atoms with Crippen molar-refractivity contribution in [3.63, 3.8) is 0 Å². The first-order valence-electron chi connectivity index (χ1n) is 6.20. The molecule has 2 aromatic heterocycles. The fourth-order valence-corrected chi connectivity index (χ4v) is 2.24. The topological polar surface area (TPSA) is 56.0 Å². The van der Waals surface area contributed by atoms with Gasteiger partial charge in [-0.1, -0.05) is 12.1 Å². The summed E-state index contributed by atoms with van der Waals surface area (Å²) in [5.41, 5.74) is 3.06. The van der Waals surface area contributed by atoms with Crippen LogP contribution in [0.15, 0.2) is 47.8 Å². The van der Waals surface area contributed by atoms with Gasteiger partial charge in [0.15, 0.2) is 0 Å². The lowest BCUT2D eigenvalue weighted by molar-refractivity contribution is 0.416. The maximum absolute atomic E-state index is 11.2. The molecule has 0 amide bonds. The second kappa shape index (κ2) is 4.77. The normalized spacial score (nSPS) is 10.7. The molecule has 1 aromatic carbocycles. The third-order valence-electron chi connectivity index (χ3n) is 3.20. The van der Waals surface area contributed by atoms with E-state index in [1.54, 1.807) is 17.7 Å². The first-order valence-corrected chi connectivity index (χ1v) is 6.20. The molecule has 0 aliphatic heterocycles. The van der Waals surface area contributed by atoms with E-state index in [0.717, 1.165) is 11.1 Å². The molecule has 0 unspecified atom stereocenters. The summed E-state index contributed by atoms with van der Waals surface area (Å²) in [6.07, 6.45) is 1.80. The number of imidazole rings is 1. The summed E-state index contributed by atoms with van der Waals surface area (Å²) in [6.45, 7) is 1.98. The van der Waals surface area contributed by atoms with Crippen LogP contribution in [-0.4, -0.2) is 16.5 Å². The van der Waals surface area contributed by atoms with E-state index in [9.17, 15) is 4.91 Å². The number of para-hydroxylation sites is 1. The molecular formula is C15H13N3O2. The van der Waals surface area contributed by atoms with Crippen LogP contribution in [0.25, 0.3) is 16.9 Å². The van der Waals surface area contributed by atoms with Crippen LogP contribution in [0.2, 0.25) is 0 Å². The zero-order chi connectivity index (χ0) is 14.1. The minimum atomic E-state index is 0.282. The Morgan fingerprint density at radius 2 is 2.05 bits per heavy atom. The smallest absolute Gasteiger partial charge is 0.209 e. The molecule has 0 aliphatic rings. The van der Waals surface area contributed by atoms with Gasteiger partial charge in [-0.2, -0.15) is 0 Å². The zero-order valence-corrected chi connectivity index (χ0v) is 11.2. The highest BCUT2D eigenvalue weighted by molar-refractivity contribution is 5.78. The van der Waals surface area contributed by atoms with Gasteiger partial charge in [0.1, 0.15) is 17.1 Å². The number of hydrogen-bond donors (Lipinski definition) is 0. The molecule has 5 heteroatoms. The van der Waals surface area contributed by atoms with E-state index in [0.29, 0.717) is 17.1 Å². The number of benzene rings is 1. The number of hydrogen-bond acceptors (Lipinski definition) is 4. The van der Waals surface area contributed by atoms with Crippen LogP contribution in [0.5, 0.6) is 5.75 Å². The van der Waals surface area contributed by atoms with Crippen LogP contribution in [0.1, 0.15) is 5.56 Å². The lowest BCUT2D eigenvalue weighted by Gasteiger charge is -2.05. The van der Waals surface area contributed by atoms with Crippen LogP contribution >= 0.6 is 0 Å². The molecule has 5 nitrogen and oxygen atoms in total. The fraction of sp³-hybridized carbons (Fsp3) is 0.133. The first kappa shape index (κ1) is 12.3. The monoisotopic (exact) mass is 267 g/mol. The molecule has 0 radical (unpaired) electrons. The maximum Gasteiger partial charge on any atom is 0.209 e. The van der Waals surface area contributed by atoms with Crippen molar-refractivity contribution < 1.29 is 4.74 Å². The molecule has 3 aromatic rings. The van der Waals surface area contributed by atoms with Gasteiger partial charge in [-0.3, -0.25) is 4.40 Å². The van der Waals surface area contributed by atoms with Crippen LogP contribution in [0.3, 0.4) is 0 Å². The number of ether oxygens (including phenoxy) is 1. The Labute approximate surface area is 115 Å². The second-order valence-electron chi connectivity index (χ2n) is 4.51. The van der Waals surface area contributed by atoms with Crippen LogP contribution in [-0.2, 0) is 0 Å². The highest BCUT2D eigenvalue weighted by atomic mass is 16.5. The summed E-state index contributed by atoms with van der Waals surface area (Å²) in [5, 5.41) is 3.14. The molecule has 0 spiro atoms. The summed E-state index contributed by atoms with van der Waals surface area (Å²) >= 11 is 0. The van der Waals surface area contributed by atoms with Gasteiger partial charge in [-0.05, 0) is 41.9 Å². The van der Waals surface area contributed by atoms with Crippen molar-refractivity contribution >= 4 is 11.5 Å². The number of nitrogens with zero attached hydrogens (tertiary/aromatic N) is 3. The minimum Gasteiger partial charge on any atom is -0.496 e. The Kier molecular flexibility index (Phi) is 2.95. The van der Waals surface area contributed by atoms with Gasteiger partial charge in [-0.15, -0.1) is 4.91 Å². The molecule has 0 saturated heterocycles. The van der Waals surface area contributed by atoms with Gasteiger partial charge >= 0.3 is 0 Å². The highest BCUT2D eigenvalue weighted by Gasteiger charge is 2.17. The zero-order valence-electron chi connectivity index (χ0n) is 11.2. The Morgan fingerprint density at radius 3 is 2.80 bits per heavy atom. The minimum absolute atomic E-state index is 0.282. The van der Waals surface area contributed by atoms with Gasteiger partial charge in [0.05, 0.1) is 7.11 Å². The number of nitroso groups, excluding NO2 is 1. The van der Waals surface area contributed by atoms with Crippen molar-refractivity contribution in [2.24, 2.45) is 5.18 Å². The molecular weight excluding hydrogens is 254 g/mol. The van der Waals surface area contributed by atoms with Crippen molar-refractivity contribution in [1.29, 1.82) is 0 Å². The summed E-state index contributed by atoms with van der Waals surface area (Å²) in [4.78, 5) is 15.7. The lowest BCUT2D eigenvalue weighted by Crippen LogP contribution is -1.87. The summed E-state index contributed by atoms with van der Waals surface area (Å²) < 4.78 is 7.01. The SMILES string of the molecule is COc1ccccc1-c1nc2cc(C)ccn2c1N=O. The third-order valence-corrected chi connectivity index (χ3v) is 3.20. The van der Waals surface area contributed by atoms with Crippen molar-refractivity contribution in [3.8, 4) is 17.0 Å². The van der Waals surface area contributed by atoms with E-state index in [-0.39, 0.29) is 5.82 Å². The molecule has 2 heterocycles. The predicted molar refractivity (Wildman–Crippen MR) is 77.4 cm³/mol. The number of methoxy groups -OCH3 is 1. The van der Waals surface area contributed by atoms with E-state index in [1.807, 2.05) is 43.3 Å². The number of pyridine rings is 1. The van der Waals surface area contributed by atoms with Crippen molar-refractivity contribution in [2.75, 3.05) is 7.11 Å². The van der Waals surface area contributed by atoms with Crippen molar-refractivity contribution in [2.45, 2.75) is 6.92 Å². The summed E-state index contributed by atoms with van der Waals surface area (Å²) in [6, 6.07) is 11.3. The van der Waals surface area contributed by atoms with Gasteiger partial charge in [0.2, 0.25) is 5.82 Å². The van der Waals surface area contributed by atoms with Gasteiger partial charge in [0.25, 0.3) is 0 Å². The fourth-order valence-electron chi connectivity index (χ4n) is 2.24. The average Bonchev–Trinajstić information content (AvgIpc) is 2.84. The van der Waals surface area contributed by atoms with Gasteiger partial charge in [0, 0.05) is 11.8 Å². The quantitative estimate of drug-likeness (QED) is 0.679. The molecule has 0 atom stereocenters. The molecule has 3 rings (SSSR count). The van der Waals surface area contributed by atoms with E-state index >= 15 is 0 Å².